The minimum Gasteiger partial charge on any atom is -0.363 e. The van der Waals surface area contributed by atoms with Crippen molar-refractivity contribution in [2.24, 2.45) is 0 Å². The van der Waals surface area contributed by atoms with Crippen molar-refractivity contribution in [1.29, 1.82) is 0 Å². The Balaban J connectivity index is 1.59. The molecule has 0 radical (unpaired) electrons. The fraction of sp³-hybridized carbons (Fsp3) is 0.471. The first kappa shape index (κ1) is 12.9. The van der Waals surface area contributed by atoms with Gasteiger partial charge in [-0.15, -0.1) is 0 Å². The van der Waals surface area contributed by atoms with E-state index >= 15 is 0 Å². The lowest BCUT2D eigenvalue weighted by Gasteiger charge is -2.30. The number of carbonyl (C=O) groups is 1. The fourth-order valence-electron chi connectivity index (χ4n) is 3.23. The maximum Gasteiger partial charge on any atom is 0.182 e. The number of H-pyrrole nitrogens is 1. The van der Waals surface area contributed by atoms with Crippen molar-refractivity contribution in [2.45, 2.75) is 44.8 Å². The molecule has 0 amide bonds. The third-order valence-electron chi connectivity index (χ3n) is 4.70. The highest BCUT2D eigenvalue weighted by Crippen LogP contribution is 2.48. The highest BCUT2D eigenvalue weighted by Gasteiger charge is 2.54. The lowest BCUT2D eigenvalue weighted by atomic mass is 9.87. The Morgan fingerprint density at radius 3 is 2.67 bits per heavy atom. The van der Waals surface area contributed by atoms with Crippen LogP contribution in [0, 0.1) is 0 Å². The number of fused-ring (bicyclic) bond motifs is 2. The average molecular weight is 284 g/mol. The van der Waals surface area contributed by atoms with Crippen molar-refractivity contribution in [3.63, 3.8) is 0 Å². The summed E-state index contributed by atoms with van der Waals surface area (Å²) in [6.07, 6.45) is 1.43. The minimum absolute atomic E-state index is 0.160. The number of nitrogens with one attached hydrogen (secondary N) is 1. The lowest BCUT2D eigenvalue weighted by molar-refractivity contribution is 0.0916. The minimum atomic E-state index is -0.160. The summed E-state index contributed by atoms with van der Waals surface area (Å²) < 4.78 is 7.72. The standard InChI is InChI=1S/C17H20N2O2/c1-11(2)13-5-3-12(4-6-13)9-19-16-15(18-19)14(20)7-8-17(16)10-21-17/h3-6,11,18H,7-10H2,1-2H3. The molecular weight excluding hydrogens is 264 g/mol. The number of rotatable bonds is 3. The van der Waals surface area contributed by atoms with E-state index in [0.717, 1.165) is 31.0 Å². The summed E-state index contributed by atoms with van der Waals surface area (Å²) in [4.78, 5) is 11.9. The molecule has 0 saturated carbocycles. The Kier molecular flexibility index (Phi) is 2.67. The number of epoxide rings is 1. The maximum atomic E-state index is 11.9. The van der Waals surface area contributed by atoms with Crippen LogP contribution in [0.15, 0.2) is 24.3 Å². The molecule has 1 aliphatic carbocycles. The van der Waals surface area contributed by atoms with Gasteiger partial charge in [0.1, 0.15) is 11.3 Å². The number of carbonyl (C=O) groups excluding carboxylic acids is 1. The Morgan fingerprint density at radius 2 is 2.05 bits per heavy atom. The summed E-state index contributed by atoms with van der Waals surface area (Å²) in [7, 11) is 0. The molecule has 1 fully saturated rings. The molecule has 1 unspecified atom stereocenters. The van der Waals surface area contributed by atoms with Crippen molar-refractivity contribution in [3.05, 3.63) is 46.8 Å². The molecule has 1 N–H and O–H groups in total. The highest BCUT2D eigenvalue weighted by molar-refractivity contribution is 5.97. The summed E-state index contributed by atoms with van der Waals surface area (Å²) in [6, 6.07) is 8.70. The van der Waals surface area contributed by atoms with Gasteiger partial charge in [0.2, 0.25) is 0 Å². The molecule has 1 aromatic heterocycles. The summed E-state index contributed by atoms with van der Waals surface area (Å²) in [5, 5.41) is 3.20. The SMILES string of the molecule is CC(C)c1ccc(Cn2[nH]c3c2C2(CCC3=O)CO2)cc1. The first-order valence-corrected chi connectivity index (χ1v) is 7.64. The third kappa shape index (κ3) is 1.97. The number of hydrogen-bond acceptors (Lipinski definition) is 2. The van der Waals surface area contributed by atoms with Gasteiger partial charge in [-0.25, -0.2) is 0 Å². The summed E-state index contributed by atoms with van der Waals surface area (Å²) in [5.74, 6) is 0.770. The number of benzene rings is 1. The maximum absolute atomic E-state index is 11.9. The van der Waals surface area contributed by atoms with Gasteiger partial charge in [0.05, 0.1) is 18.8 Å². The monoisotopic (exact) mass is 284 g/mol. The van der Waals surface area contributed by atoms with Crippen molar-refractivity contribution in [2.75, 3.05) is 6.61 Å². The van der Waals surface area contributed by atoms with Crippen LogP contribution in [0.1, 0.15) is 59.9 Å². The number of Topliss-reactive ketones (excluding diaryl/α,β-unsaturated/α-hetero) is 1. The number of hydrogen-bond donors (Lipinski definition) is 1. The number of ether oxygens (including phenoxy) is 1. The molecule has 1 saturated heterocycles. The van der Waals surface area contributed by atoms with E-state index in [4.69, 9.17) is 4.74 Å². The van der Waals surface area contributed by atoms with Gasteiger partial charge in [-0.1, -0.05) is 38.1 Å². The van der Waals surface area contributed by atoms with E-state index in [-0.39, 0.29) is 11.4 Å². The van der Waals surface area contributed by atoms with E-state index in [0.29, 0.717) is 12.3 Å². The van der Waals surface area contributed by atoms with Crippen molar-refractivity contribution < 1.29 is 9.53 Å². The van der Waals surface area contributed by atoms with Crippen molar-refractivity contribution >= 4 is 5.78 Å². The zero-order valence-corrected chi connectivity index (χ0v) is 12.5. The molecule has 21 heavy (non-hydrogen) atoms. The first-order chi connectivity index (χ1) is 10.1. The van der Waals surface area contributed by atoms with Gasteiger partial charge in [-0.2, -0.15) is 0 Å². The van der Waals surface area contributed by atoms with E-state index < -0.39 is 0 Å². The van der Waals surface area contributed by atoms with Crippen LogP contribution in [0.2, 0.25) is 0 Å². The third-order valence-corrected chi connectivity index (χ3v) is 4.70. The molecule has 2 heterocycles. The van der Waals surface area contributed by atoms with Crippen molar-refractivity contribution in [3.8, 4) is 0 Å². The predicted octanol–water partition coefficient (Wildman–Crippen LogP) is 3.19. The van der Waals surface area contributed by atoms with E-state index in [9.17, 15) is 4.79 Å². The normalized spacial score (nSPS) is 23.9. The highest BCUT2D eigenvalue weighted by atomic mass is 16.6. The second kappa shape index (κ2) is 4.34. The van der Waals surface area contributed by atoms with Crippen molar-refractivity contribution in [1.82, 2.24) is 9.78 Å². The van der Waals surface area contributed by atoms with Gasteiger partial charge in [0.15, 0.2) is 5.78 Å². The fourth-order valence-corrected chi connectivity index (χ4v) is 3.23. The van der Waals surface area contributed by atoms with E-state index in [1.54, 1.807) is 0 Å². The zero-order chi connectivity index (χ0) is 14.6. The van der Waals surface area contributed by atoms with Gasteiger partial charge >= 0.3 is 0 Å². The first-order valence-electron chi connectivity index (χ1n) is 7.64. The molecule has 4 nitrogen and oxygen atoms in total. The second-order valence-electron chi connectivity index (χ2n) is 6.52. The Bertz CT molecular complexity index is 687. The average Bonchev–Trinajstić information content (AvgIpc) is 3.20. The Morgan fingerprint density at radius 1 is 1.33 bits per heavy atom. The Hall–Kier alpha value is -1.81. The van der Waals surface area contributed by atoms with E-state index in [1.165, 1.54) is 11.1 Å². The molecule has 4 heteroatoms. The molecule has 1 aromatic carbocycles. The molecule has 2 aromatic rings. The van der Waals surface area contributed by atoms with Gasteiger partial charge in [-0.3, -0.25) is 14.6 Å². The lowest BCUT2D eigenvalue weighted by Crippen LogP contribution is -2.35. The summed E-state index contributed by atoms with van der Waals surface area (Å²) in [5.41, 5.74) is 4.29. The van der Waals surface area contributed by atoms with Crippen LogP contribution in [0.4, 0.5) is 0 Å². The topological polar surface area (TPSA) is 50.3 Å². The Labute approximate surface area is 124 Å². The van der Waals surface area contributed by atoms with Crippen LogP contribution < -0.4 is 0 Å². The molecular formula is C17H20N2O2. The number of nitrogens with zero attached hydrogens (tertiary/aromatic N) is 1. The number of aromatic nitrogens is 2. The number of aromatic amines is 1. The van der Waals surface area contributed by atoms with Gasteiger partial charge in [0.25, 0.3) is 0 Å². The van der Waals surface area contributed by atoms with Crippen LogP contribution in [0.5, 0.6) is 0 Å². The summed E-state index contributed by atoms with van der Waals surface area (Å²) >= 11 is 0. The molecule has 1 aliphatic heterocycles. The summed E-state index contributed by atoms with van der Waals surface area (Å²) in [6.45, 7) is 5.93. The van der Waals surface area contributed by atoms with Crippen LogP contribution >= 0.6 is 0 Å². The largest absolute Gasteiger partial charge is 0.363 e. The van der Waals surface area contributed by atoms with E-state index in [1.807, 2.05) is 0 Å². The second-order valence-corrected chi connectivity index (χ2v) is 6.52. The van der Waals surface area contributed by atoms with Crippen LogP contribution in [-0.2, 0) is 16.9 Å². The van der Waals surface area contributed by atoms with Crippen LogP contribution in [0.3, 0.4) is 0 Å². The van der Waals surface area contributed by atoms with E-state index in [2.05, 4.69) is 47.9 Å². The van der Waals surface area contributed by atoms with Gasteiger partial charge < -0.3 is 4.74 Å². The molecule has 1 atom stereocenters. The molecule has 2 aliphatic rings. The van der Waals surface area contributed by atoms with Crippen LogP contribution in [0.25, 0.3) is 0 Å². The molecule has 1 spiro atoms. The number of ketones is 1. The smallest absolute Gasteiger partial charge is 0.182 e. The van der Waals surface area contributed by atoms with Gasteiger partial charge in [-0.05, 0) is 23.5 Å². The molecule has 0 bridgehead atoms. The zero-order valence-electron chi connectivity index (χ0n) is 12.5. The predicted molar refractivity (Wildman–Crippen MR) is 79.6 cm³/mol. The quantitative estimate of drug-likeness (QED) is 0.880. The van der Waals surface area contributed by atoms with Crippen LogP contribution in [-0.4, -0.2) is 22.2 Å². The molecule has 110 valence electrons. The molecule has 4 rings (SSSR count). The van der Waals surface area contributed by atoms with Gasteiger partial charge in [0, 0.05) is 6.42 Å².